The normalized spacial score (nSPS) is 13.4. The molecule has 0 radical (unpaired) electrons. The Morgan fingerprint density at radius 2 is 1.93 bits per heavy atom. The number of carbonyl (C=O) groups excluding carboxylic acids is 2. The minimum absolute atomic E-state index is 0.153. The zero-order chi connectivity index (χ0) is 20.4. The van der Waals surface area contributed by atoms with Crippen molar-refractivity contribution in [2.75, 3.05) is 20.3 Å². The molecule has 6 heteroatoms. The van der Waals surface area contributed by atoms with Crippen LogP contribution in [0.25, 0.3) is 16.5 Å². The Hall–Kier alpha value is -3.54. The van der Waals surface area contributed by atoms with Gasteiger partial charge in [0, 0.05) is 29.2 Å². The molecule has 1 amide bonds. The number of nitrogens with one attached hydrogen (secondary N) is 1. The first-order chi connectivity index (χ1) is 14.1. The number of esters is 1. The first-order valence-electron chi connectivity index (χ1n) is 9.56. The lowest BCUT2D eigenvalue weighted by atomic mass is 10.0. The molecule has 1 N–H and O–H groups in total. The second-order valence-corrected chi connectivity index (χ2v) is 6.77. The topological polar surface area (TPSA) is 71.6 Å². The van der Waals surface area contributed by atoms with Crippen molar-refractivity contribution in [3.05, 3.63) is 71.6 Å². The summed E-state index contributed by atoms with van der Waals surface area (Å²) in [6.45, 7) is 2.47. The van der Waals surface area contributed by atoms with Crippen LogP contribution in [0.5, 0.6) is 5.75 Å². The van der Waals surface area contributed by atoms with E-state index in [9.17, 15) is 9.59 Å². The third kappa shape index (κ3) is 3.49. The molecule has 1 aromatic heterocycles. The highest BCUT2D eigenvalue weighted by Crippen LogP contribution is 2.33. The van der Waals surface area contributed by atoms with Crippen LogP contribution in [0.4, 0.5) is 0 Å². The van der Waals surface area contributed by atoms with Crippen LogP contribution in [0, 0.1) is 0 Å². The minimum atomic E-state index is -0.458. The van der Waals surface area contributed by atoms with Crippen molar-refractivity contribution < 1.29 is 19.1 Å². The number of aromatic nitrogens is 1. The monoisotopic (exact) mass is 390 g/mol. The molecule has 1 aliphatic heterocycles. The first-order valence-corrected chi connectivity index (χ1v) is 9.56. The molecule has 0 fully saturated rings. The van der Waals surface area contributed by atoms with Crippen molar-refractivity contribution in [1.29, 1.82) is 0 Å². The largest absolute Gasteiger partial charge is 0.497 e. The van der Waals surface area contributed by atoms with Gasteiger partial charge in [-0.25, -0.2) is 4.79 Å². The quantitative estimate of drug-likeness (QED) is 0.688. The summed E-state index contributed by atoms with van der Waals surface area (Å²) in [5.41, 5.74) is 3.49. The standard InChI is InChI=1S/C23H22N2O4/c1-3-29-23(27)19-14-25(22(26)15-7-5-4-6-8-15)12-11-17-18-13-16(28-2)9-10-20(18)24-21(17)19/h4-10,13-14,24H,3,11-12H2,1-2H3. The number of H-pyrrole nitrogens is 1. The molecule has 0 atom stereocenters. The Kier molecular flexibility index (Phi) is 5.08. The van der Waals surface area contributed by atoms with Gasteiger partial charge in [-0.3, -0.25) is 4.79 Å². The molecule has 2 heterocycles. The van der Waals surface area contributed by atoms with Gasteiger partial charge in [-0.2, -0.15) is 0 Å². The molecule has 0 unspecified atom stereocenters. The molecule has 4 rings (SSSR count). The van der Waals surface area contributed by atoms with Crippen molar-refractivity contribution in [2.24, 2.45) is 0 Å². The van der Waals surface area contributed by atoms with Crippen LogP contribution in [0.1, 0.15) is 28.5 Å². The highest BCUT2D eigenvalue weighted by Gasteiger charge is 2.27. The minimum Gasteiger partial charge on any atom is -0.497 e. The van der Waals surface area contributed by atoms with E-state index in [2.05, 4.69) is 4.98 Å². The number of rotatable bonds is 4. The number of hydrogen-bond acceptors (Lipinski definition) is 4. The Morgan fingerprint density at radius 1 is 1.14 bits per heavy atom. The van der Waals surface area contributed by atoms with E-state index in [0.717, 1.165) is 22.2 Å². The smallest absolute Gasteiger partial charge is 0.341 e. The Balaban J connectivity index is 1.82. The summed E-state index contributed by atoms with van der Waals surface area (Å²) in [5, 5.41) is 0.976. The highest BCUT2D eigenvalue weighted by atomic mass is 16.5. The number of carbonyl (C=O) groups is 2. The van der Waals surface area contributed by atoms with Crippen molar-refractivity contribution in [2.45, 2.75) is 13.3 Å². The average molecular weight is 390 g/mol. The van der Waals surface area contributed by atoms with Gasteiger partial charge >= 0.3 is 5.97 Å². The van der Waals surface area contributed by atoms with Crippen LogP contribution in [-0.2, 0) is 16.0 Å². The number of aromatic amines is 1. The Bertz CT molecular complexity index is 1100. The summed E-state index contributed by atoms with van der Waals surface area (Å²) in [6, 6.07) is 14.8. The molecule has 2 aromatic carbocycles. The number of hydrogen-bond donors (Lipinski definition) is 1. The van der Waals surface area contributed by atoms with Crippen LogP contribution < -0.4 is 4.74 Å². The second kappa shape index (κ2) is 7.83. The van der Waals surface area contributed by atoms with Crippen LogP contribution in [-0.4, -0.2) is 42.0 Å². The molecule has 148 valence electrons. The fourth-order valence-corrected chi connectivity index (χ4v) is 3.63. The molecule has 0 saturated carbocycles. The molecule has 3 aromatic rings. The van der Waals surface area contributed by atoms with Gasteiger partial charge in [0.1, 0.15) is 5.75 Å². The molecular formula is C23H22N2O4. The summed E-state index contributed by atoms with van der Waals surface area (Å²) >= 11 is 0. The van der Waals surface area contributed by atoms with Gasteiger partial charge in [-0.1, -0.05) is 18.2 Å². The Labute approximate surface area is 168 Å². The fraction of sp³-hybridized carbons (Fsp3) is 0.217. The lowest BCUT2D eigenvalue weighted by molar-refractivity contribution is -0.136. The van der Waals surface area contributed by atoms with Crippen molar-refractivity contribution >= 4 is 28.4 Å². The van der Waals surface area contributed by atoms with E-state index in [1.165, 1.54) is 0 Å². The fourth-order valence-electron chi connectivity index (χ4n) is 3.63. The van der Waals surface area contributed by atoms with Crippen LogP contribution in [0.2, 0.25) is 0 Å². The van der Waals surface area contributed by atoms with Gasteiger partial charge in [-0.05, 0) is 49.2 Å². The maximum Gasteiger partial charge on any atom is 0.341 e. The Morgan fingerprint density at radius 3 is 2.66 bits per heavy atom. The van der Waals surface area contributed by atoms with Crippen molar-refractivity contribution in [3.63, 3.8) is 0 Å². The van der Waals surface area contributed by atoms with Crippen LogP contribution >= 0.6 is 0 Å². The van der Waals surface area contributed by atoms with Gasteiger partial charge in [-0.15, -0.1) is 0 Å². The number of ether oxygens (including phenoxy) is 2. The van der Waals surface area contributed by atoms with E-state index in [4.69, 9.17) is 9.47 Å². The zero-order valence-electron chi connectivity index (χ0n) is 16.4. The van der Waals surface area contributed by atoms with E-state index < -0.39 is 5.97 Å². The van der Waals surface area contributed by atoms with E-state index >= 15 is 0 Å². The van der Waals surface area contributed by atoms with Gasteiger partial charge in [0.05, 0.1) is 25.0 Å². The predicted octanol–water partition coefficient (Wildman–Crippen LogP) is 3.78. The van der Waals surface area contributed by atoms with E-state index in [0.29, 0.717) is 29.8 Å². The number of benzene rings is 2. The van der Waals surface area contributed by atoms with Gasteiger partial charge in [0.2, 0.25) is 0 Å². The lowest BCUT2D eigenvalue weighted by Gasteiger charge is -2.17. The number of nitrogens with zero attached hydrogens (tertiary/aromatic N) is 1. The average Bonchev–Trinajstić information content (AvgIpc) is 3.00. The third-order valence-electron chi connectivity index (χ3n) is 5.05. The summed E-state index contributed by atoms with van der Waals surface area (Å²) < 4.78 is 10.6. The SMILES string of the molecule is CCOC(=O)C1=CN(C(=O)c2ccccc2)CCc2c1[nH]c1ccc(OC)cc21. The van der Waals surface area contributed by atoms with Crippen molar-refractivity contribution in [1.82, 2.24) is 9.88 Å². The number of amides is 1. The maximum absolute atomic E-state index is 13.0. The molecule has 0 spiro atoms. The second-order valence-electron chi connectivity index (χ2n) is 6.77. The highest BCUT2D eigenvalue weighted by molar-refractivity contribution is 6.18. The van der Waals surface area contributed by atoms with E-state index in [1.807, 2.05) is 36.4 Å². The molecule has 0 saturated heterocycles. The summed E-state index contributed by atoms with van der Waals surface area (Å²) in [6.07, 6.45) is 2.20. The number of methoxy groups -OCH3 is 1. The van der Waals surface area contributed by atoms with E-state index in [-0.39, 0.29) is 12.5 Å². The van der Waals surface area contributed by atoms with E-state index in [1.54, 1.807) is 37.3 Å². The summed E-state index contributed by atoms with van der Waals surface area (Å²) in [7, 11) is 1.62. The molecule has 1 aliphatic rings. The van der Waals surface area contributed by atoms with Crippen molar-refractivity contribution in [3.8, 4) is 5.75 Å². The lowest BCUT2D eigenvalue weighted by Crippen LogP contribution is -2.28. The summed E-state index contributed by atoms with van der Waals surface area (Å²) in [4.78, 5) is 30.7. The predicted molar refractivity (Wildman–Crippen MR) is 111 cm³/mol. The van der Waals surface area contributed by atoms with Gasteiger partial charge in [0.25, 0.3) is 5.91 Å². The summed E-state index contributed by atoms with van der Waals surface area (Å²) in [5.74, 6) is 0.127. The van der Waals surface area contributed by atoms with Gasteiger partial charge < -0.3 is 19.4 Å². The zero-order valence-corrected chi connectivity index (χ0v) is 16.4. The first kappa shape index (κ1) is 18.8. The van der Waals surface area contributed by atoms with Crippen LogP contribution in [0.3, 0.4) is 0 Å². The molecule has 0 bridgehead atoms. The van der Waals surface area contributed by atoms with Crippen LogP contribution in [0.15, 0.2) is 54.7 Å². The molecule has 6 nitrogen and oxygen atoms in total. The third-order valence-corrected chi connectivity index (χ3v) is 5.05. The molecular weight excluding hydrogens is 368 g/mol. The van der Waals surface area contributed by atoms with Gasteiger partial charge in [0.15, 0.2) is 0 Å². The molecule has 29 heavy (non-hydrogen) atoms. The number of fused-ring (bicyclic) bond motifs is 3. The molecule has 0 aliphatic carbocycles. The maximum atomic E-state index is 13.0.